The molecule has 0 saturated heterocycles. The van der Waals surface area contributed by atoms with Gasteiger partial charge in [-0.2, -0.15) is 0 Å². The van der Waals surface area contributed by atoms with Gasteiger partial charge in [-0.1, -0.05) is 74.5 Å². The molecule has 0 saturated carbocycles. The molecule has 0 radical (unpaired) electrons. The summed E-state index contributed by atoms with van der Waals surface area (Å²) in [7, 11) is 0. The molecule has 0 aliphatic heterocycles. The predicted molar refractivity (Wildman–Crippen MR) is 115 cm³/mol. The summed E-state index contributed by atoms with van der Waals surface area (Å²) in [6.45, 7) is 4.30. The van der Waals surface area contributed by atoms with Crippen molar-refractivity contribution in [3.8, 4) is 11.1 Å². The summed E-state index contributed by atoms with van der Waals surface area (Å²) in [5.74, 6) is 0.0425. The van der Waals surface area contributed by atoms with Crippen molar-refractivity contribution >= 4 is 11.8 Å². The summed E-state index contributed by atoms with van der Waals surface area (Å²) in [5, 5.41) is 12.3. The van der Waals surface area contributed by atoms with Crippen LogP contribution in [-0.4, -0.2) is 24.4 Å². The maximum Gasteiger partial charge on any atom is 0.411 e. The zero-order valence-electron chi connectivity index (χ0n) is 16.7. The van der Waals surface area contributed by atoms with Gasteiger partial charge in [0.05, 0.1) is 6.61 Å². The smallest absolute Gasteiger partial charge is 0.411 e. The van der Waals surface area contributed by atoms with E-state index in [1.807, 2.05) is 62.4 Å². The molecule has 1 aliphatic rings. The Labute approximate surface area is 171 Å². The lowest BCUT2D eigenvalue weighted by Crippen LogP contribution is -2.22. The SMILES string of the molecule is CC(C)(CO)c1ccc(NC(=O)OCC2c3ccccc3-c3ccccc32)cc1. The number of rotatable bonds is 5. The molecule has 3 aromatic rings. The van der Waals surface area contributed by atoms with Crippen LogP contribution in [0.4, 0.5) is 10.5 Å². The summed E-state index contributed by atoms with van der Waals surface area (Å²) in [4.78, 5) is 12.4. The quantitative estimate of drug-likeness (QED) is 0.623. The number of aliphatic hydroxyl groups excluding tert-OH is 1. The Morgan fingerprint density at radius 3 is 2.03 bits per heavy atom. The Hall–Kier alpha value is -3.11. The molecule has 4 nitrogen and oxygen atoms in total. The van der Waals surface area contributed by atoms with E-state index in [1.54, 1.807) is 0 Å². The summed E-state index contributed by atoms with van der Waals surface area (Å²) in [5.41, 5.74) is 6.16. The normalized spacial score (nSPS) is 12.9. The summed E-state index contributed by atoms with van der Waals surface area (Å²) in [6.07, 6.45) is -0.471. The minimum Gasteiger partial charge on any atom is -0.448 e. The van der Waals surface area contributed by atoms with E-state index in [0.29, 0.717) is 5.69 Å². The molecule has 29 heavy (non-hydrogen) atoms. The second kappa shape index (κ2) is 7.72. The van der Waals surface area contributed by atoms with Crippen molar-refractivity contribution in [3.05, 3.63) is 89.5 Å². The highest BCUT2D eigenvalue weighted by Crippen LogP contribution is 2.44. The van der Waals surface area contributed by atoms with E-state index >= 15 is 0 Å². The number of carbonyl (C=O) groups is 1. The first-order chi connectivity index (χ1) is 14.0. The highest BCUT2D eigenvalue weighted by atomic mass is 16.5. The van der Waals surface area contributed by atoms with Gasteiger partial charge in [0.1, 0.15) is 6.61 Å². The molecular formula is C25H25NO3. The first-order valence-corrected chi connectivity index (χ1v) is 9.83. The van der Waals surface area contributed by atoms with E-state index in [1.165, 1.54) is 22.3 Å². The van der Waals surface area contributed by atoms with Crippen molar-refractivity contribution in [1.82, 2.24) is 0 Å². The fourth-order valence-electron chi connectivity index (χ4n) is 3.85. The van der Waals surface area contributed by atoms with E-state index in [-0.39, 0.29) is 24.5 Å². The van der Waals surface area contributed by atoms with Gasteiger partial charge < -0.3 is 9.84 Å². The van der Waals surface area contributed by atoms with Gasteiger partial charge in [-0.15, -0.1) is 0 Å². The molecule has 0 spiro atoms. The molecule has 0 fully saturated rings. The van der Waals surface area contributed by atoms with Gasteiger partial charge in [0.2, 0.25) is 0 Å². The molecule has 1 amide bonds. The van der Waals surface area contributed by atoms with Crippen molar-refractivity contribution < 1.29 is 14.6 Å². The zero-order chi connectivity index (χ0) is 20.4. The molecule has 0 heterocycles. The summed E-state index contributed by atoms with van der Waals surface area (Å²) < 4.78 is 5.57. The van der Waals surface area contributed by atoms with Crippen LogP contribution in [0.2, 0.25) is 0 Å². The van der Waals surface area contributed by atoms with E-state index in [0.717, 1.165) is 5.56 Å². The fraction of sp³-hybridized carbons (Fsp3) is 0.240. The average Bonchev–Trinajstić information content (AvgIpc) is 3.06. The molecule has 0 atom stereocenters. The second-order valence-corrected chi connectivity index (χ2v) is 8.07. The van der Waals surface area contributed by atoms with Crippen LogP contribution >= 0.6 is 0 Å². The van der Waals surface area contributed by atoms with Crippen LogP contribution in [0.15, 0.2) is 72.8 Å². The first kappa shape index (κ1) is 19.2. The van der Waals surface area contributed by atoms with E-state index in [4.69, 9.17) is 4.74 Å². The lowest BCUT2D eigenvalue weighted by atomic mass is 9.86. The monoisotopic (exact) mass is 387 g/mol. The number of fused-ring (bicyclic) bond motifs is 3. The van der Waals surface area contributed by atoms with Crippen LogP contribution in [-0.2, 0) is 10.2 Å². The molecule has 148 valence electrons. The number of amides is 1. The maximum absolute atomic E-state index is 12.4. The van der Waals surface area contributed by atoms with Gasteiger partial charge in [-0.25, -0.2) is 4.79 Å². The molecule has 1 aliphatic carbocycles. The summed E-state index contributed by atoms with van der Waals surface area (Å²) in [6, 6.07) is 24.0. The van der Waals surface area contributed by atoms with Crippen molar-refractivity contribution in [2.45, 2.75) is 25.2 Å². The molecule has 3 aromatic carbocycles. The summed E-state index contributed by atoms with van der Waals surface area (Å²) >= 11 is 0. The number of aliphatic hydroxyl groups is 1. The number of hydrogen-bond acceptors (Lipinski definition) is 3. The number of nitrogens with one attached hydrogen (secondary N) is 1. The number of carbonyl (C=O) groups excluding carboxylic acids is 1. The third kappa shape index (κ3) is 3.76. The predicted octanol–water partition coefficient (Wildman–Crippen LogP) is 5.32. The number of benzene rings is 3. The number of anilines is 1. The average molecular weight is 387 g/mol. The maximum atomic E-state index is 12.4. The lowest BCUT2D eigenvalue weighted by molar-refractivity contribution is 0.158. The third-order valence-electron chi connectivity index (χ3n) is 5.65. The van der Waals surface area contributed by atoms with Gasteiger partial charge in [-0.3, -0.25) is 5.32 Å². The van der Waals surface area contributed by atoms with Crippen LogP contribution in [0.5, 0.6) is 0 Å². The van der Waals surface area contributed by atoms with Crippen LogP contribution < -0.4 is 5.32 Å². The fourth-order valence-corrected chi connectivity index (χ4v) is 3.85. The van der Waals surface area contributed by atoms with Crippen LogP contribution in [0, 0.1) is 0 Å². The molecule has 0 aromatic heterocycles. The highest BCUT2D eigenvalue weighted by Gasteiger charge is 2.29. The Morgan fingerprint density at radius 2 is 1.48 bits per heavy atom. The Balaban J connectivity index is 1.43. The standard InChI is InChI=1S/C25H25NO3/c1-25(2,16-27)17-11-13-18(14-12-17)26-24(28)29-15-23-21-9-5-3-7-19(21)20-8-4-6-10-22(20)23/h3-14,23,27H,15-16H2,1-2H3,(H,26,28). The van der Waals surface area contributed by atoms with Gasteiger partial charge >= 0.3 is 6.09 Å². The largest absolute Gasteiger partial charge is 0.448 e. The highest BCUT2D eigenvalue weighted by molar-refractivity contribution is 5.85. The third-order valence-corrected chi connectivity index (χ3v) is 5.65. The molecule has 2 N–H and O–H groups in total. The molecule has 4 heteroatoms. The number of hydrogen-bond donors (Lipinski definition) is 2. The minimum atomic E-state index is -0.471. The topological polar surface area (TPSA) is 58.6 Å². The molecular weight excluding hydrogens is 362 g/mol. The van der Waals surface area contributed by atoms with Crippen LogP contribution in [0.1, 0.15) is 36.5 Å². The van der Waals surface area contributed by atoms with Crippen molar-refractivity contribution in [2.24, 2.45) is 0 Å². The van der Waals surface area contributed by atoms with Gasteiger partial charge in [0, 0.05) is 17.0 Å². The minimum absolute atomic E-state index is 0.0425. The molecule has 0 unspecified atom stereocenters. The van der Waals surface area contributed by atoms with Crippen LogP contribution in [0.3, 0.4) is 0 Å². The molecule has 4 rings (SSSR count). The van der Waals surface area contributed by atoms with Crippen molar-refractivity contribution in [3.63, 3.8) is 0 Å². The van der Waals surface area contributed by atoms with E-state index < -0.39 is 6.09 Å². The second-order valence-electron chi connectivity index (χ2n) is 8.07. The van der Waals surface area contributed by atoms with Gasteiger partial charge in [0.15, 0.2) is 0 Å². The van der Waals surface area contributed by atoms with Crippen molar-refractivity contribution in [1.29, 1.82) is 0 Å². The Kier molecular flexibility index (Phi) is 5.12. The van der Waals surface area contributed by atoms with Gasteiger partial charge in [-0.05, 0) is 39.9 Å². The lowest BCUT2D eigenvalue weighted by Gasteiger charge is -2.22. The first-order valence-electron chi connectivity index (χ1n) is 9.83. The number of ether oxygens (including phenoxy) is 1. The van der Waals surface area contributed by atoms with E-state index in [9.17, 15) is 9.90 Å². The molecule has 0 bridgehead atoms. The Bertz CT molecular complexity index is 979. The van der Waals surface area contributed by atoms with Crippen LogP contribution in [0.25, 0.3) is 11.1 Å². The van der Waals surface area contributed by atoms with E-state index in [2.05, 4.69) is 29.6 Å². The Morgan fingerprint density at radius 1 is 0.931 bits per heavy atom. The zero-order valence-corrected chi connectivity index (χ0v) is 16.7. The van der Waals surface area contributed by atoms with Gasteiger partial charge in [0.25, 0.3) is 0 Å². The van der Waals surface area contributed by atoms with Crippen molar-refractivity contribution in [2.75, 3.05) is 18.5 Å².